The van der Waals surface area contributed by atoms with E-state index in [2.05, 4.69) is 46.9 Å². The Morgan fingerprint density at radius 1 is 1.25 bits per heavy atom. The van der Waals surface area contributed by atoms with Gasteiger partial charge in [0.1, 0.15) is 0 Å². The predicted octanol–water partition coefficient (Wildman–Crippen LogP) is 3.77. The van der Waals surface area contributed by atoms with Gasteiger partial charge in [-0.1, -0.05) is 42.8 Å². The Morgan fingerprint density at radius 2 is 1.89 bits per heavy atom. The number of benzene rings is 1. The number of nitrogens with zero attached hydrogens (tertiary/aromatic N) is 3. The number of amides is 1. The first-order valence-electron chi connectivity index (χ1n) is 9.75. The molecule has 8 heteroatoms. The van der Waals surface area contributed by atoms with Crippen LogP contribution in [0.5, 0.6) is 0 Å². The first-order valence-corrected chi connectivity index (χ1v) is 10.1. The maximum atomic E-state index is 12.6. The summed E-state index contributed by atoms with van der Waals surface area (Å²) in [7, 11) is 0. The number of halogens is 2. The van der Waals surface area contributed by atoms with Gasteiger partial charge >= 0.3 is 0 Å². The van der Waals surface area contributed by atoms with Crippen LogP contribution in [0.25, 0.3) is 0 Å². The van der Waals surface area contributed by atoms with Crippen LogP contribution in [0.2, 0.25) is 5.02 Å². The van der Waals surface area contributed by atoms with Crippen LogP contribution in [0.3, 0.4) is 0 Å². The monoisotopic (exact) mass is 425 g/mol. The molecular weight excluding hydrogens is 397 g/mol. The van der Waals surface area contributed by atoms with Crippen molar-refractivity contribution in [2.75, 3.05) is 19.6 Å². The van der Waals surface area contributed by atoms with Crippen molar-refractivity contribution in [3.8, 4) is 0 Å². The lowest BCUT2D eigenvalue weighted by Gasteiger charge is -2.32. The van der Waals surface area contributed by atoms with Crippen LogP contribution >= 0.6 is 24.0 Å². The number of hydrogen-bond acceptors (Lipinski definition) is 4. The molecule has 1 saturated heterocycles. The fraction of sp³-hybridized carbons (Fsp3) is 0.550. The van der Waals surface area contributed by atoms with Crippen molar-refractivity contribution in [2.24, 2.45) is 0 Å². The zero-order chi connectivity index (χ0) is 19.3. The summed E-state index contributed by atoms with van der Waals surface area (Å²) < 4.78 is 1.84. The van der Waals surface area contributed by atoms with Gasteiger partial charge in [0.15, 0.2) is 5.69 Å². The molecular formula is C20H29Cl2N5O. The lowest BCUT2D eigenvalue weighted by atomic mass is 9.76. The van der Waals surface area contributed by atoms with Crippen LogP contribution < -0.4 is 10.6 Å². The molecule has 2 N–H and O–H groups in total. The fourth-order valence-electron chi connectivity index (χ4n) is 3.78. The zero-order valence-corrected chi connectivity index (χ0v) is 18.0. The van der Waals surface area contributed by atoms with Gasteiger partial charge in [0, 0.05) is 17.0 Å². The molecule has 0 radical (unpaired) electrons. The second kappa shape index (κ2) is 10.2. The van der Waals surface area contributed by atoms with Gasteiger partial charge in [-0.2, -0.15) is 0 Å². The van der Waals surface area contributed by atoms with Crippen molar-refractivity contribution in [1.82, 2.24) is 25.6 Å². The fourth-order valence-corrected chi connectivity index (χ4v) is 3.91. The molecule has 1 fully saturated rings. The van der Waals surface area contributed by atoms with E-state index in [1.54, 1.807) is 6.20 Å². The SMILES string of the molecule is CCC(CC)(CNC(=O)c1cn(C2CCNCC2)nn1)c1ccc(Cl)cc1.Cl. The number of aromatic nitrogens is 3. The molecule has 1 amide bonds. The molecule has 1 aromatic carbocycles. The number of rotatable bonds is 7. The van der Waals surface area contributed by atoms with E-state index < -0.39 is 0 Å². The molecule has 0 saturated carbocycles. The third-order valence-corrected chi connectivity index (χ3v) is 6.08. The van der Waals surface area contributed by atoms with Gasteiger partial charge in [0.2, 0.25) is 0 Å². The Bertz CT molecular complexity index is 752. The summed E-state index contributed by atoms with van der Waals surface area (Å²) in [5.74, 6) is -0.171. The quantitative estimate of drug-likeness (QED) is 0.707. The maximum Gasteiger partial charge on any atom is 0.273 e. The Hall–Kier alpha value is -1.63. The standard InChI is InChI=1S/C20H28ClN5O.ClH/c1-3-20(4-2,15-5-7-16(21)8-6-15)14-23-19(27)18-13-26(25-24-18)17-9-11-22-12-10-17;/h5-8,13,17,22H,3-4,9-12,14H2,1-2H3,(H,23,27);1H. The average Bonchev–Trinajstić information content (AvgIpc) is 3.21. The highest BCUT2D eigenvalue weighted by atomic mass is 35.5. The van der Waals surface area contributed by atoms with Crippen LogP contribution in [0.4, 0.5) is 0 Å². The molecule has 3 rings (SSSR count). The lowest BCUT2D eigenvalue weighted by molar-refractivity contribution is 0.0936. The van der Waals surface area contributed by atoms with E-state index in [9.17, 15) is 4.79 Å². The van der Waals surface area contributed by atoms with Crippen LogP contribution in [0, 0.1) is 0 Å². The smallest absolute Gasteiger partial charge is 0.273 e. The molecule has 0 unspecified atom stereocenters. The van der Waals surface area contributed by atoms with Crippen LogP contribution in [0.15, 0.2) is 30.5 Å². The molecule has 1 aliphatic rings. The minimum absolute atomic E-state index is 0. The molecule has 28 heavy (non-hydrogen) atoms. The molecule has 0 bridgehead atoms. The molecule has 6 nitrogen and oxygen atoms in total. The molecule has 0 atom stereocenters. The number of carbonyl (C=O) groups is 1. The van der Waals surface area contributed by atoms with E-state index in [4.69, 9.17) is 11.6 Å². The van der Waals surface area contributed by atoms with E-state index in [1.807, 2.05) is 16.8 Å². The molecule has 0 spiro atoms. The average molecular weight is 426 g/mol. The van der Waals surface area contributed by atoms with Crippen molar-refractivity contribution in [3.63, 3.8) is 0 Å². The zero-order valence-electron chi connectivity index (χ0n) is 16.4. The van der Waals surface area contributed by atoms with Crippen molar-refractivity contribution in [2.45, 2.75) is 51.0 Å². The Morgan fingerprint density at radius 3 is 2.50 bits per heavy atom. The molecule has 154 valence electrons. The van der Waals surface area contributed by atoms with Crippen molar-refractivity contribution in [1.29, 1.82) is 0 Å². The largest absolute Gasteiger partial charge is 0.350 e. The highest BCUT2D eigenvalue weighted by Gasteiger charge is 2.29. The van der Waals surface area contributed by atoms with Crippen LogP contribution in [0.1, 0.15) is 61.6 Å². The number of nitrogens with one attached hydrogen (secondary N) is 2. The van der Waals surface area contributed by atoms with Gasteiger partial charge in [-0.05, 0) is 56.5 Å². The minimum atomic E-state index is -0.171. The molecule has 2 aromatic rings. The van der Waals surface area contributed by atoms with Crippen LogP contribution in [-0.4, -0.2) is 40.5 Å². The predicted molar refractivity (Wildman–Crippen MR) is 114 cm³/mol. The second-order valence-corrected chi connectivity index (χ2v) is 7.68. The summed E-state index contributed by atoms with van der Waals surface area (Å²) in [6.07, 6.45) is 5.64. The van der Waals surface area contributed by atoms with Gasteiger partial charge < -0.3 is 10.6 Å². The van der Waals surface area contributed by atoms with Crippen molar-refractivity contribution >= 4 is 29.9 Å². The van der Waals surface area contributed by atoms with E-state index in [0.717, 1.165) is 43.8 Å². The Labute approximate surface area is 177 Å². The molecule has 2 heterocycles. The van der Waals surface area contributed by atoms with Crippen molar-refractivity contribution in [3.05, 3.63) is 46.7 Å². The Balaban J connectivity index is 0.00000280. The summed E-state index contributed by atoms with van der Waals surface area (Å²) >= 11 is 6.03. The summed E-state index contributed by atoms with van der Waals surface area (Å²) in [5.41, 5.74) is 1.45. The van der Waals surface area contributed by atoms with Gasteiger partial charge in [0.25, 0.3) is 5.91 Å². The lowest BCUT2D eigenvalue weighted by Crippen LogP contribution is -2.40. The number of hydrogen-bond donors (Lipinski definition) is 2. The van der Waals surface area contributed by atoms with Crippen LogP contribution in [-0.2, 0) is 5.41 Å². The van der Waals surface area contributed by atoms with Gasteiger partial charge in [-0.3, -0.25) is 4.79 Å². The van der Waals surface area contributed by atoms with Gasteiger partial charge in [0.05, 0.1) is 12.2 Å². The van der Waals surface area contributed by atoms with Gasteiger partial charge in [-0.15, -0.1) is 17.5 Å². The summed E-state index contributed by atoms with van der Waals surface area (Å²) in [6.45, 7) is 6.81. The third-order valence-electron chi connectivity index (χ3n) is 5.82. The molecule has 1 aliphatic heterocycles. The highest BCUT2D eigenvalue weighted by Crippen LogP contribution is 2.32. The summed E-state index contributed by atoms with van der Waals surface area (Å²) in [5, 5.41) is 15.4. The molecule has 1 aromatic heterocycles. The maximum absolute atomic E-state index is 12.6. The van der Waals surface area contributed by atoms with Crippen molar-refractivity contribution < 1.29 is 4.79 Å². The second-order valence-electron chi connectivity index (χ2n) is 7.24. The van der Waals surface area contributed by atoms with E-state index in [-0.39, 0.29) is 23.7 Å². The van der Waals surface area contributed by atoms with E-state index >= 15 is 0 Å². The normalized spacial score (nSPS) is 15.1. The summed E-state index contributed by atoms with van der Waals surface area (Å²) in [6, 6.07) is 8.23. The first-order chi connectivity index (χ1) is 13.1. The summed E-state index contributed by atoms with van der Waals surface area (Å²) in [4.78, 5) is 12.6. The Kier molecular flexibility index (Phi) is 8.28. The minimum Gasteiger partial charge on any atom is -0.350 e. The van der Waals surface area contributed by atoms with E-state index in [0.29, 0.717) is 18.3 Å². The topological polar surface area (TPSA) is 71.8 Å². The number of carbonyl (C=O) groups excluding carboxylic acids is 1. The van der Waals surface area contributed by atoms with Gasteiger partial charge in [-0.25, -0.2) is 4.68 Å². The third kappa shape index (κ3) is 5.04. The number of piperidine rings is 1. The first kappa shape index (κ1) is 22.7. The van der Waals surface area contributed by atoms with E-state index in [1.165, 1.54) is 5.56 Å². The highest BCUT2D eigenvalue weighted by molar-refractivity contribution is 6.30. The molecule has 0 aliphatic carbocycles.